The summed E-state index contributed by atoms with van der Waals surface area (Å²) in [7, 11) is 0. The van der Waals surface area contributed by atoms with Crippen LogP contribution in [0.25, 0.3) is 0 Å². The molecule has 0 saturated heterocycles. The Hall–Kier alpha value is -0.240. The molecule has 50 valence electrons. The van der Waals surface area contributed by atoms with Crippen molar-refractivity contribution in [1.29, 1.82) is 0 Å². The fourth-order valence-corrected chi connectivity index (χ4v) is 1.21. The van der Waals surface area contributed by atoms with Crippen molar-refractivity contribution >= 4 is 15.9 Å². The molecule has 1 rings (SSSR count). The largest absolute Gasteiger partial charge is 0.457 e. The molecule has 1 aromatic heterocycles. The minimum absolute atomic E-state index is 0.879. The van der Waals surface area contributed by atoms with Crippen molar-refractivity contribution in [2.24, 2.45) is 0 Å². The first-order valence-corrected chi connectivity index (χ1v) is 3.85. The minimum atomic E-state index is 0.879. The molecule has 0 N–H and O–H groups in total. The van der Waals surface area contributed by atoms with E-state index >= 15 is 0 Å². The van der Waals surface area contributed by atoms with Crippen LogP contribution in [0, 0.1) is 0 Å². The van der Waals surface area contributed by atoms with E-state index < -0.39 is 0 Å². The Bertz CT molecular complexity index is 181. The molecular weight excluding hydrogens is 180 g/mol. The van der Waals surface area contributed by atoms with Gasteiger partial charge in [-0.1, -0.05) is 13.3 Å². The Kier molecular flexibility index (Phi) is 2.34. The molecule has 1 aromatic rings. The Morgan fingerprint density at radius 2 is 2.44 bits per heavy atom. The van der Waals surface area contributed by atoms with Gasteiger partial charge in [-0.25, -0.2) is 0 Å². The fourth-order valence-electron chi connectivity index (χ4n) is 0.768. The summed E-state index contributed by atoms with van der Waals surface area (Å²) < 4.78 is 5.91. The molecule has 0 fully saturated rings. The summed E-state index contributed by atoms with van der Waals surface area (Å²) in [5.41, 5.74) is 1.26. The van der Waals surface area contributed by atoms with Gasteiger partial charge in [0, 0.05) is 5.56 Å². The van der Waals surface area contributed by atoms with E-state index in [4.69, 9.17) is 4.42 Å². The Labute approximate surface area is 63.2 Å². The van der Waals surface area contributed by atoms with Crippen LogP contribution in [-0.4, -0.2) is 0 Å². The van der Waals surface area contributed by atoms with Crippen molar-refractivity contribution in [2.45, 2.75) is 19.8 Å². The molecule has 0 amide bonds. The summed E-state index contributed by atoms with van der Waals surface area (Å²) in [4.78, 5) is 0. The lowest BCUT2D eigenvalue weighted by atomic mass is 10.2. The molecule has 0 unspecified atom stereocenters. The molecule has 0 radical (unpaired) electrons. The van der Waals surface area contributed by atoms with E-state index in [1.54, 1.807) is 6.26 Å². The Morgan fingerprint density at radius 3 is 2.89 bits per heavy atom. The third-order valence-corrected chi connectivity index (χ3v) is 1.91. The number of aryl methyl sites for hydroxylation is 1. The third kappa shape index (κ3) is 1.58. The highest BCUT2D eigenvalue weighted by atomic mass is 79.9. The Balaban J connectivity index is 2.69. The fraction of sp³-hybridized carbons (Fsp3) is 0.429. The average Bonchev–Trinajstić information content (AvgIpc) is 2.18. The van der Waals surface area contributed by atoms with Crippen molar-refractivity contribution in [3.63, 3.8) is 0 Å². The number of furan rings is 1. The normalized spacial score (nSPS) is 10.0. The summed E-state index contributed by atoms with van der Waals surface area (Å²) in [5.74, 6) is 0. The molecule has 1 heterocycles. The van der Waals surface area contributed by atoms with Crippen LogP contribution in [0.2, 0.25) is 0 Å². The summed E-state index contributed by atoms with van der Waals surface area (Å²) in [6.07, 6.45) is 3.96. The van der Waals surface area contributed by atoms with E-state index in [1.807, 2.05) is 6.07 Å². The first kappa shape index (κ1) is 6.87. The van der Waals surface area contributed by atoms with E-state index in [1.165, 1.54) is 5.56 Å². The molecule has 0 aromatic carbocycles. The second-order valence-electron chi connectivity index (χ2n) is 1.97. The summed E-state index contributed by atoms with van der Waals surface area (Å²) >= 11 is 3.30. The van der Waals surface area contributed by atoms with Gasteiger partial charge in [-0.3, -0.25) is 0 Å². The zero-order chi connectivity index (χ0) is 6.69. The first-order chi connectivity index (χ1) is 4.34. The van der Waals surface area contributed by atoms with E-state index in [-0.39, 0.29) is 0 Å². The van der Waals surface area contributed by atoms with E-state index in [0.29, 0.717) is 0 Å². The van der Waals surface area contributed by atoms with Gasteiger partial charge in [0.2, 0.25) is 0 Å². The van der Waals surface area contributed by atoms with Gasteiger partial charge in [0.15, 0.2) is 4.67 Å². The van der Waals surface area contributed by atoms with Gasteiger partial charge in [0.1, 0.15) is 0 Å². The van der Waals surface area contributed by atoms with Crippen LogP contribution >= 0.6 is 15.9 Å². The standard InChI is InChI=1S/C7H9BrO/c1-2-3-6-4-5-9-7(6)8/h4-5H,2-3H2,1H3. The monoisotopic (exact) mass is 188 g/mol. The molecule has 0 aliphatic carbocycles. The van der Waals surface area contributed by atoms with E-state index in [0.717, 1.165) is 17.5 Å². The molecule has 0 aliphatic rings. The predicted molar refractivity (Wildman–Crippen MR) is 40.4 cm³/mol. The van der Waals surface area contributed by atoms with Crippen LogP contribution in [0.15, 0.2) is 21.4 Å². The van der Waals surface area contributed by atoms with Crippen LogP contribution in [0.1, 0.15) is 18.9 Å². The minimum Gasteiger partial charge on any atom is -0.457 e. The van der Waals surface area contributed by atoms with Gasteiger partial charge in [-0.05, 0) is 28.4 Å². The zero-order valence-electron chi connectivity index (χ0n) is 5.36. The second kappa shape index (κ2) is 3.06. The molecular formula is C7H9BrO. The zero-order valence-corrected chi connectivity index (χ0v) is 6.94. The van der Waals surface area contributed by atoms with Gasteiger partial charge in [-0.2, -0.15) is 0 Å². The van der Waals surface area contributed by atoms with Crippen LogP contribution < -0.4 is 0 Å². The van der Waals surface area contributed by atoms with Crippen molar-refractivity contribution in [1.82, 2.24) is 0 Å². The molecule has 2 heteroatoms. The molecule has 0 bridgehead atoms. The topological polar surface area (TPSA) is 13.1 Å². The number of hydrogen-bond donors (Lipinski definition) is 0. The molecule has 0 spiro atoms. The highest BCUT2D eigenvalue weighted by Crippen LogP contribution is 2.18. The highest BCUT2D eigenvalue weighted by molar-refractivity contribution is 9.10. The lowest BCUT2D eigenvalue weighted by Crippen LogP contribution is -1.77. The average molecular weight is 189 g/mol. The maximum atomic E-state index is 5.03. The molecule has 0 saturated carbocycles. The van der Waals surface area contributed by atoms with Gasteiger partial charge < -0.3 is 4.42 Å². The van der Waals surface area contributed by atoms with Crippen molar-refractivity contribution in [3.8, 4) is 0 Å². The highest BCUT2D eigenvalue weighted by Gasteiger charge is 1.98. The van der Waals surface area contributed by atoms with Crippen LogP contribution in [0.5, 0.6) is 0 Å². The predicted octanol–water partition coefficient (Wildman–Crippen LogP) is 2.99. The van der Waals surface area contributed by atoms with Gasteiger partial charge in [-0.15, -0.1) is 0 Å². The van der Waals surface area contributed by atoms with Crippen molar-refractivity contribution < 1.29 is 4.42 Å². The lowest BCUT2D eigenvalue weighted by molar-refractivity contribution is 0.536. The summed E-state index contributed by atoms with van der Waals surface area (Å²) in [6, 6.07) is 1.99. The summed E-state index contributed by atoms with van der Waals surface area (Å²) in [6.45, 7) is 2.15. The quantitative estimate of drug-likeness (QED) is 0.696. The van der Waals surface area contributed by atoms with Crippen molar-refractivity contribution in [3.05, 3.63) is 22.6 Å². The maximum absolute atomic E-state index is 5.03. The third-order valence-electron chi connectivity index (χ3n) is 1.21. The SMILES string of the molecule is CCCc1ccoc1Br. The second-order valence-corrected chi connectivity index (χ2v) is 2.69. The first-order valence-electron chi connectivity index (χ1n) is 3.06. The Morgan fingerprint density at radius 1 is 1.67 bits per heavy atom. The number of hydrogen-bond acceptors (Lipinski definition) is 1. The molecule has 9 heavy (non-hydrogen) atoms. The maximum Gasteiger partial charge on any atom is 0.172 e. The number of halogens is 1. The van der Waals surface area contributed by atoms with Crippen LogP contribution in [0.4, 0.5) is 0 Å². The van der Waals surface area contributed by atoms with Crippen molar-refractivity contribution in [2.75, 3.05) is 0 Å². The van der Waals surface area contributed by atoms with Gasteiger partial charge in [0.25, 0.3) is 0 Å². The van der Waals surface area contributed by atoms with Crippen LogP contribution in [0.3, 0.4) is 0 Å². The van der Waals surface area contributed by atoms with Crippen LogP contribution in [-0.2, 0) is 6.42 Å². The molecule has 0 aliphatic heterocycles. The smallest absolute Gasteiger partial charge is 0.172 e. The van der Waals surface area contributed by atoms with E-state index in [2.05, 4.69) is 22.9 Å². The van der Waals surface area contributed by atoms with Gasteiger partial charge >= 0.3 is 0 Å². The lowest BCUT2D eigenvalue weighted by Gasteiger charge is -1.89. The number of rotatable bonds is 2. The van der Waals surface area contributed by atoms with Gasteiger partial charge in [0.05, 0.1) is 6.26 Å². The molecule has 0 atom stereocenters. The summed E-state index contributed by atoms with van der Waals surface area (Å²) in [5, 5.41) is 0. The van der Waals surface area contributed by atoms with E-state index in [9.17, 15) is 0 Å². The molecule has 1 nitrogen and oxygen atoms in total.